The van der Waals surface area contributed by atoms with Crippen LogP contribution in [0.1, 0.15) is 122 Å². The van der Waals surface area contributed by atoms with Gasteiger partial charge in [-0.1, -0.05) is 6.92 Å². The van der Waals surface area contributed by atoms with E-state index in [0.717, 1.165) is 93.4 Å². The summed E-state index contributed by atoms with van der Waals surface area (Å²) in [6.07, 6.45) is 7.57. The molecule has 4 aromatic rings. The van der Waals surface area contributed by atoms with Crippen LogP contribution in [0, 0.1) is 5.92 Å². The van der Waals surface area contributed by atoms with Gasteiger partial charge in [-0.15, -0.1) is 45.3 Å². The van der Waals surface area contributed by atoms with E-state index < -0.39 is 11.1 Å². The van der Waals surface area contributed by atoms with E-state index in [1.165, 1.54) is 45.3 Å². The fourth-order valence-corrected chi connectivity index (χ4v) is 13.2. The van der Waals surface area contributed by atoms with E-state index in [-0.39, 0.29) is 79.4 Å². The number of nitrogens with one attached hydrogen (secondary N) is 6. The van der Waals surface area contributed by atoms with Crippen molar-refractivity contribution in [2.75, 3.05) is 33.2 Å². The second-order valence-electron chi connectivity index (χ2n) is 20.0. The van der Waals surface area contributed by atoms with Crippen molar-refractivity contribution in [1.29, 1.82) is 0 Å². The first kappa shape index (κ1) is 50.6. The molecule has 6 amide bonds. The van der Waals surface area contributed by atoms with Crippen molar-refractivity contribution in [2.24, 2.45) is 15.9 Å². The predicted molar refractivity (Wildman–Crippen MR) is 282 cm³/mol. The minimum absolute atomic E-state index is 0.113. The third-order valence-corrected chi connectivity index (χ3v) is 17.8. The van der Waals surface area contributed by atoms with Gasteiger partial charge < -0.3 is 36.8 Å². The van der Waals surface area contributed by atoms with Gasteiger partial charge in [0.15, 0.2) is 0 Å². The molecule has 6 N–H and O–H groups in total. The summed E-state index contributed by atoms with van der Waals surface area (Å²) in [5, 5.41) is 28.0. The van der Waals surface area contributed by atoms with Crippen LogP contribution in [0.2, 0.25) is 0 Å². The van der Waals surface area contributed by atoms with Crippen LogP contribution in [0.3, 0.4) is 0 Å². The van der Waals surface area contributed by atoms with Crippen LogP contribution >= 0.6 is 45.3 Å². The lowest BCUT2D eigenvalue weighted by Gasteiger charge is -2.16. The Bertz CT molecular complexity index is 3000. The molecule has 23 heteroatoms. The first-order valence-corrected chi connectivity index (χ1v) is 28.5. The number of amides is 6. The molecule has 2 fully saturated rings. The molecule has 384 valence electrons. The van der Waals surface area contributed by atoms with Crippen molar-refractivity contribution in [3.05, 3.63) is 65.2 Å². The van der Waals surface area contributed by atoms with Gasteiger partial charge in [0, 0.05) is 58.1 Å². The zero-order valence-electron chi connectivity index (χ0n) is 41.3. The molecule has 8 heterocycles. The second kappa shape index (κ2) is 21.2. The maximum Gasteiger partial charge on any atom is 0.270 e. The Morgan fingerprint density at radius 2 is 1.14 bits per heavy atom. The average molecular weight is 1070 g/mol. The highest BCUT2D eigenvalue weighted by molar-refractivity contribution is 7.14. The highest BCUT2D eigenvalue weighted by Crippen LogP contribution is 2.54. The van der Waals surface area contributed by atoms with E-state index in [9.17, 15) is 28.8 Å². The standard InChI is InChI=1S/C50H59N13O6S4/c1-26-19-50(26)30(42(46(69)62-50)32-10-8-28(3)56-32)18-38(65)54-21-40-58-36(25-71-40)48-60-34(23-73-48)44(67)52-14-6-16-63(4)15-5-13-51-43(66)33-22-72-47(59-33)35-24-70-39(57-35)20-53-37(64)17-29-41(31-9-7-27(2)55-31)45(68)61-49(29)11-12-49/h22-28H,5-21H2,1-4H3,(H,51,66)(H,52,67)(H,53,64)(H,54,65)(H,61,68)(H,62,69)/t26-,27+,28+,50-/m1/s1. The summed E-state index contributed by atoms with van der Waals surface area (Å²) >= 11 is 5.50. The van der Waals surface area contributed by atoms with Gasteiger partial charge in [0.25, 0.3) is 23.6 Å². The number of carbonyl (C=O) groups excluding carboxylic acids is 6. The van der Waals surface area contributed by atoms with Gasteiger partial charge >= 0.3 is 0 Å². The third-order valence-electron chi connectivity index (χ3n) is 14.4. The van der Waals surface area contributed by atoms with Crippen molar-refractivity contribution in [3.63, 3.8) is 0 Å². The molecular formula is C50H59N13O6S4. The summed E-state index contributed by atoms with van der Waals surface area (Å²) in [7, 11) is 2.00. The summed E-state index contributed by atoms with van der Waals surface area (Å²) in [4.78, 5) is 108. The molecule has 2 saturated carbocycles. The molecule has 4 atom stereocenters. The molecule has 2 aliphatic carbocycles. The van der Waals surface area contributed by atoms with Gasteiger partial charge in [0.05, 0.1) is 48.2 Å². The Morgan fingerprint density at radius 3 is 1.60 bits per heavy atom. The number of thiazole rings is 4. The van der Waals surface area contributed by atoms with Gasteiger partial charge in [0.1, 0.15) is 42.8 Å². The van der Waals surface area contributed by atoms with Gasteiger partial charge in [0.2, 0.25) is 11.8 Å². The van der Waals surface area contributed by atoms with Crippen LogP contribution in [-0.2, 0) is 32.3 Å². The van der Waals surface area contributed by atoms with Crippen molar-refractivity contribution in [3.8, 4) is 21.4 Å². The molecule has 0 aromatic carbocycles. The van der Waals surface area contributed by atoms with Crippen LogP contribution in [0.15, 0.2) is 53.8 Å². The Balaban J connectivity index is 0.601. The molecule has 0 unspecified atom stereocenters. The zero-order chi connectivity index (χ0) is 51.0. The Morgan fingerprint density at radius 1 is 0.658 bits per heavy atom. The van der Waals surface area contributed by atoms with Gasteiger partial charge in [-0.25, -0.2) is 19.9 Å². The summed E-state index contributed by atoms with van der Waals surface area (Å²) < 4.78 is 0. The fourth-order valence-electron chi connectivity index (χ4n) is 10.1. The number of rotatable bonds is 22. The van der Waals surface area contributed by atoms with Crippen molar-refractivity contribution in [2.45, 2.75) is 128 Å². The van der Waals surface area contributed by atoms with Gasteiger partial charge in [-0.2, -0.15) is 0 Å². The van der Waals surface area contributed by atoms with E-state index in [1.54, 1.807) is 10.8 Å². The summed E-state index contributed by atoms with van der Waals surface area (Å²) in [6.45, 7) is 9.13. The summed E-state index contributed by atoms with van der Waals surface area (Å²) in [5.41, 5.74) is 5.69. The predicted octanol–water partition coefficient (Wildman–Crippen LogP) is 5.14. The summed E-state index contributed by atoms with van der Waals surface area (Å²) in [5.74, 6) is -0.799. The van der Waals surface area contributed by atoms with Crippen LogP contribution in [0.25, 0.3) is 21.4 Å². The minimum Gasteiger partial charge on any atom is -0.351 e. The molecule has 10 rings (SSSR count). The molecule has 19 nitrogen and oxygen atoms in total. The van der Waals surface area contributed by atoms with Crippen LogP contribution in [-0.4, -0.2) is 128 Å². The smallest absolute Gasteiger partial charge is 0.270 e. The number of aliphatic imine (C=N–C) groups is 2. The molecule has 4 aliphatic heterocycles. The normalized spacial score (nSPS) is 22.6. The van der Waals surface area contributed by atoms with Crippen molar-refractivity contribution >= 4 is 92.2 Å². The van der Waals surface area contributed by atoms with Gasteiger partial charge in [-0.3, -0.25) is 38.8 Å². The number of hydrogen-bond acceptors (Lipinski definition) is 17. The van der Waals surface area contributed by atoms with Crippen LogP contribution in [0.4, 0.5) is 0 Å². The highest BCUT2D eigenvalue weighted by Gasteiger charge is 2.60. The molecule has 0 radical (unpaired) electrons. The molecule has 4 aromatic heterocycles. The quantitative estimate of drug-likeness (QED) is 0.0562. The van der Waals surface area contributed by atoms with Crippen LogP contribution < -0.4 is 31.9 Å². The number of carbonyl (C=O) groups is 6. The maximum atomic E-state index is 13.2. The monoisotopic (exact) mass is 1070 g/mol. The van der Waals surface area contributed by atoms with Crippen molar-refractivity contribution in [1.82, 2.24) is 56.7 Å². The average Bonchev–Trinajstić information content (AvgIpc) is 4.04. The molecule has 2 spiro atoms. The highest BCUT2D eigenvalue weighted by atomic mass is 32.1. The SMILES string of the molecule is C[C@@H]1C[C@@]12NC(=O)C(C1=N[C@@H](C)CC1)=C2CC(=O)NCc1nc(-c2nc(C(=O)NCCCN(C)CCCNC(=O)c3csc(-c4csc(CNC(=O)CC5=C(C6=N[C@@H](C)CC6)C(=O)NC56CC6)n4)n3)cs2)cs1. The Labute approximate surface area is 438 Å². The maximum absolute atomic E-state index is 13.2. The topological polar surface area (TPSA) is 254 Å². The van der Waals surface area contributed by atoms with E-state index in [2.05, 4.69) is 68.7 Å². The Hall–Kier alpha value is -5.88. The zero-order valence-corrected chi connectivity index (χ0v) is 44.5. The number of aromatic nitrogens is 4. The minimum atomic E-state index is -0.436. The van der Waals surface area contributed by atoms with Crippen molar-refractivity contribution < 1.29 is 28.8 Å². The fraction of sp³-hybridized carbons (Fsp3) is 0.520. The van der Waals surface area contributed by atoms with Crippen LogP contribution in [0.5, 0.6) is 0 Å². The van der Waals surface area contributed by atoms with E-state index in [0.29, 0.717) is 67.0 Å². The lowest BCUT2D eigenvalue weighted by atomic mass is 9.94. The number of nitrogens with zero attached hydrogens (tertiary/aromatic N) is 7. The Kier molecular flexibility index (Phi) is 14.7. The molecule has 6 aliphatic rings. The molecule has 0 saturated heterocycles. The first-order chi connectivity index (χ1) is 35.2. The molecule has 73 heavy (non-hydrogen) atoms. The summed E-state index contributed by atoms with van der Waals surface area (Å²) in [6, 6.07) is 0.360. The van der Waals surface area contributed by atoms with E-state index >= 15 is 0 Å². The first-order valence-electron chi connectivity index (χ1n) is 25.0. The second-order valence-corrected chi connectivity index (χ2v) is 23.6. The van der Waals surface area contributed by atoms with E-state index in [1.807, 2.05) is 31.7 Å². The third kappa shape index (κ3) is 11.2. The molecule has 0 bridgehead atoms. The lowest BCUT2D eigenvalue weighted by Crippen LogP contribution is -2.34. The lowest BCUT2D eigenvalue weighted by molar-refractivity contribution is -0.121. The largest absolute Gasteiger partial charge is 0.351 e. The van der Waals surface area contributed by atoms with Gasteiger partial charge in [-0.05, 0) is 109 Å². The number of hydrogen-bond donors (Lipinski definition) is 6. The van der Waals surface area contributed by atoms with E-state index in [4.69, 9.17) is 4.99 Å². The molecular weight excluding hydrogens is 1010 g/mol.